The Balaban J connectivity index is 2.18. The third kappa shape index (κ3) is 4.34. The second-order valence-electron chi connectivity index (χ2n) is 6.93. The van der Waals surface area contributed by atoms with E-state index in [0.717, 1.165) is 0 Å². The summed E-state index contributed by atoms with van der Waals surface area (Å²) in [5, 5.41) is 0.331. The molecule has 0 atom stereocenters. The number of methoxy groups -OCH3 is 5. The molecular formula is C24H24ClNO7. The summed E-state index contributed by atoms with van der Waals surface area (Å²) in [6.07, 6.45) is 1.58. The van der Waals surface area contributed by atoms with Gasteiger partial charge in [0.2, 0.25) is 5.75 Å². The van der Waals surface area contributed by atoms with Gasteiger partial charge in [-0.05, 0) is 48.9 Å². The topological polar surface area (TPSA) is 83.5 Å². The minimum absolute atomic E-state index is 0.142. The van der Waals surface area contributed by atoms with Gasteiger partial charge in [0, 0.05) is 5.70 Å². The Morgan fingerprint density at radius 2 is 1.52 bits per heavy atom. The summed E-state index contributed by atoms with van der Waals surface area (Å²) in [5.74, 6) is 0.649. The number of hydrogen-bond donors (Lipinski definition) is 0. The highest BCUT2D eigenvalue weighted by Gasteiger charge is 2.38. The number of benzene rings is 2. The van der Waals surface area contributed by atoms with Crippen molar-refractivity contribution in [3.8, 4) is 23.0 Å². The van der Waals surface area contributed by atoms with Crippen molar-refractivity contribution in [2.45, 2.75) is 6.92 Å². The Morgan fingerprint density at radius 1 is 0.909 bits per heavy atom. The van der Waals surface area contributed by atoms with Gasteiger partial charge in [0.1, 0.15) is 5.75 Å². The van der Waals surface area contributed by atoms with Crippen molar-refractivity contribution in [1.82, 2.24) is 0 Å². The summed E-state index contributed by atoms with van der Waals surface area (Å²) in [5.41, 5.74) is 1.75. The molecule has 0 saturated heterocycles. The number of anilines is 1. The molecule has 33 heavy (non-hydrogen) atoms. The zero-order valence-electron chi connectivity index (χ0n) is 19.1. The molecule has 174 valence electrons. The van der Waals surface area contributed by atoms with E-state index in [2.05, 4.69) is 0 Å². The number of rotatable bonds is 7. The SMILES string of the molecule is COC(=O)C1=C(C)N(c2ccc(OC)c(Cl)c2)C(=O)/C1=C\c1cc(OC)c(OC)c(OC)c1. The summed E-state index contributed by atoms with van der Waals surface area (Å²) in [6.45, 7) is 1.66. The van der Waals surface area contributed by atoms with E-state index in [-0.39, 0.29) is 11.1 Å². The molecule has 0 fully saturated rings. The van der Waals surface area contributed by atoms with E-state index < -0.39 is 11.9 Å². The molecule has 0 bridgehead atoms. The highest BCUT2D eigenvalue weighted by Crippen LogP contribution is 2.41. The van der Waals surface area contributed by atoms with Crippen LogP contribution < -0.4 is 23.8 Å². The van der Waals surface area contributed by atoms with Crippen LogP contribution in [0.25, 0.3) is 6.08 Å². The molecule has 2 aromatic carbocycles. The molecule has 0 aromatic heterocycles. The summed E-state index contributed by atoms with van der Waals surface area (Å²) in [4.78, 5) is 27.5. The van der Waals surface area contributed by atoms with Gasteiger partial charge in [-0.3, -0.25) is 9.69 Å². The van der Waals surface area contributed by atoms with E-state index in [0.29, 0.717) is 45.0 Å². The van der Waals surface area contributed by atoms with Crippen LogP contribution in [0.1, 0.15) is 12.5 Å². The van der Waals surface area contributed by atoms with Crippen LogP contribution in [-0.2, 0) is 14.3 Å². The molecule has 0 radical (unpaired) electrons. The van der Waals surface area contributed by atoms with Gasteiger partial charge in [0.15, 0.2) is 11.5 Å². The summed E-state index contributed by atoms with van der Waals surface area (Å²) in [7, 11) is 7.25. The number of hydrogen-bond acceptors (Lipinski definition) is 7. The minimum Gasteiger partial charge on any atom is -0.495 e. The molecule has 8 nitrogen and oxygen atoms in total. The maximum absolute atomic E-state index is 13.5. The second-order valence-corrected chi connectivity index (χ2v) is 7.34. The fraction of sp³-hybridized carbons (Fsp3) is 0.250. The molecule has 0 unspecified atom stereocenters. The fourth-order valence-electron chi connectivity index (χ4n) is 3.64. The van der Waals surface area contributed by atoms with Gasteiger partial charge in [-0.1, -0.05) is 11.6 Å². The quantitative estimate of drug-likeness (QED) is 0.439. The predicted octanol–water partition coefficient (Wildman–Crippen LogP) is 4.25. The first kappa shape index (κ1) is 24.0. The van der Waals surface area contributed by atoms with E-state index in [1.54, 1.807) is 43.3 Å². The molecule has 0 spiro atoms. The number of carbonyl (C=O) groups is 2. The zero-order valence-corrected chi connectivity index (χ0v) is 19.9. The first-order chi connectivity index (χ1) is 15.8. The number of esters is 1. The van der Waals surface area contributed by atoms with Crippen molar-refractivity contribution >= 4 is 35.2 Å². The molecule has 3 rings (SSSR count). The van der Waals surface area contributed by atoms with Crippen LogP contribution in [0.3, 0.4) is 0 Å². The van der Waals surface area contributed by atoms with E-state index in [1.165, 1.54) is 40.4 Å². The maximum Gasteiger partial charge on any atom is 0.340 e. The van der Waals surface area contributed by atoms with Gasteiger partial charge >= 0.3 is 5.97 Å². The normalized spacial score (nSPS) is 14.6. The molecular weight excluding hydrogens is 450 g/mol. The number of amides is 1. The van der Waals surface area contributed by atoms with Gasteiger partial charge in [-0.25, -0.2) is 4.79 Å². The van der Waals surface area contributed by atoms with Crippen LogP contribution in [0.4, 0.5) is 5.69 Å². The molecule has 1 aliphatic rings. The molecule has 2 aromatic rings. The number of carbonyl (C=O) groups excluding carboxylic acids is 2. The van der Waals surface area contributed by atoms with Crippen molar-refractivity contribution in [3.05, 3.63) is 57.8 Å². The average Bonchev–Trinajstić information content (AvgIpc) is 3.06. The molecule has 1 amide bonds. The largest absolute Gasteiger partial charge is 0.495 e. The van der Waals surface area contributed by atoms with Gasteiger partial charge < -0.3 is 23.7 Å². The first-order valence-electron chi connectivity index (χ1n) is 9.80. The summed E-state index contributed by atoms with van der Waals surface area (Å²) >= 11 is 6.27. The standard InChI is InChI=1S/C24H24ClNO7/c1-13-21(24(28)33-6)16(9-14-10-19(30-3)22(32-5)20(11-14)31-4)23(27)26(13)15-7-8-18(29-2)17(25)12-15/h7-12H,1-6H3/b16-9-. The van der Waals surface area contributed by atoms with E-state index in [9.17, 15) is 9.59 Å². The van der Waals surface area contributed by atoms with Crippen molar-refractivity contribution in [1.29, 1.82) is 0 Å². The second kappa shape index (κ2) is 9.87. The third-order valence-electron chi connectivity index (χ3n) is 5.18. The number of halogens is 1. The van der Waals surface area contributed by atoms with Crippen molar-refractivity contribution < 1.29 is 33.3 Å². The van der Waals surface area contributed by atoms with Crippen molar-refractivity contribution in [3.63, 3.8) is 0 Å². The van der Waals surface area contributed by atoms with Crippen molar-refractivity contribution in [2.75, 3.05) is 40.4 Å². The Kier molecular flexibility index (Phi) is 7.18. The molecule has 0 saturated carbocycles. The van der Waals surface area contributed by atoms with Crippen LogP contribution >= 0.6 is 11.6 Å². The van der Waals surface area contributed by atoms with Crippen molar-refractivity contribution in [2.24, 2.45) is 0 Å². The zero-order chi connectivity index (χ0) is 24.3. The lowest BCUT2D eigenvalue weighted by molar-refractivity contribution is -0.136. The average molecular weight is 474 g/mol. The lowest BCUT2D eigenvalue weighted by Crippen LogP contribution is -2.24. The fourth-order valence-corrected chi connectivity index (χ4v) is 3.89. The van der Waals surface area contributed by atoms with E-state index in [4.69, 9.17) is 35.3 Å². The predicted molar refractivity (Wildman–Crippen MR) is 124 cm³/mol. The van der Waals surface area contributed by atoms with Crippen LogP contribution in [0.2, 0.25) is 5.02 Å². The van der Waals surface area contributed by atoms with E-state index >= 15 is 0 Å². The lowest BCUT2D eigenvalue weighted by atomic mass is 10.0. The summed E-state index contributed by atoms with van der Waals surface area (Å²) < 4.78 is 26.3. The van der Waals surface area contributed by atoms with Crippen LogP contribution in [0.15, 0.2) is 47.2 Å². The van der Waals surface area contributed by atoms with Gasteiger partial charge in [-0.15, -0.1) is 0 Å². The molecule has 0 N–H and O–H groups in total. The monoisotopic (exact) mass is 473 g/mol. The Hall–Kier alpha value is -3.65. The molecule has 9 heteroatoms. The Bertz CT molecular complexity index is 1140. The summed E-state index contributed by atoms with van der Waals surface area (Å²) in [6, 6.07) is 8.29. The first-order valence-corrected chi connectivity index (χ1v) is 10.2. The highest BCUT2D eigenvalue weighted by atomic mass is 35.5. The smallest absolute Gasteiger partial charge is 0.340 e. The maximum atomic E-state index is 13.5. The Labute approximate surface area is 196 Å². The van der Waals surface area contributed by atoms with Crippen LogP contribution in [0, 0.1) is 0 Å². The van der Waals surface area contributed by atoms with Crippen LogP contribution in [0.5, 0.6) is 23.0 Å². The molecule has 0 aliphatic carbocycles. The molecule has 1 aliphatic heterocycles. The van der Waals surface area contributed by atoms with Gasteiger partial charge in [0.25, 0.3) is 5.91 Å². The number of nitrogens with zero attached hydrogens (tertiary/aromatic N) is 1. The van der Waals surface area contributed by atoms with E-state index in [1.807, 2.05) is 0 Å². The number of ether oxygens (including phenoxy) is 5. The number of allylic oxidation sites excluding steroid dienone is 1. The molecule has 1 heterocycles. The highest BCUT2D eigenvalue weighted by molar-refractivity contribution is 6.32. The van der Waals surface area contributed by atoms with Crippen LogP contribution in [-0.4, -0.2) is 47.4 Å². The van der Waals surface area contributed by atoms with Gasteiger partial charge in [0.05, 0.1) is 57.4 Å². The lowest BCUT2D eigenvalue weighted by Gasteiger charge is -2.19. The Morgan fingerprint density at radius 3 is 2.00 bits per heavy atom. The third-order valence-corrected chi connectivity index (χ3v) is 5.48. The minimum atomic E-state index is -0.637. The van der Waals surface area contributed by atoms with Gasteiger partial charge in [-0.2, -0.15) is 0 Å².